The second kappa shape index (κ2) is 5.71. The van der Waals surface area contributed by atoms with Gasteiger partial charge in [0.1, 0.15) is 0 Å². The molecule has 0 spiro atoms. The van der Waals surface area contributed by atoms with Crippen LogP contribution in [0.4, 0.5) is 0 Å². The molecule has 2 N–H and O–H groups in total. The first kappa shape index (κ1) is 15.0. The van der Waals surface area contributed by atoms with Gasteiger partial charge in [-0.25, -0.2) is 0 Å². The molecular formula is C16H23NO3S. The molecule has 3 rings (SSSR count). The third kappa shape index (κ3) is 3.15. The molecule has 4 nitrogen and oxygen atoms in total. The second-order valence-corrected chi connectivity index (χ2v) is 7.98. The lowest BCUT2D eigenvalue weighted by Gasteiger charge is -2.49. The van der Waals surface area contributed by atoms with Gasteiger partial charge in [-0.2, -0.15) is 0 Å². The van der Waals surface area contributed by atoms with Crippen LogP contribution in [0.1, 0.15) is 35.4 Å². The molecule has 0 bridgehead atoms. The standard InChI is InChI=1S/C16H23NO3S/c1-11-2-3-14(21-11)10-17-6-4-13(5-7-17)16(20)8-12(9-16)15(18)19/h2-3,12-13,20H,4-10H2,1H3,(H,18,19). The first-order valence-corrected chi connectivity index (χ1v) is 8.51. The van der Waals surface area contributed by atoms with Gasteiger partial charge in [-0.1, -0.05) is 0 Å². The Morgan fingerprint density at radius 1 is 1.38 bits per heavy atom. The fraction of sp³-hybridized carbons (Fsp3) is 0.688. The highest BCUT2D eigenvalue weighted by Gasteiger charge is 2.51. The molecule has 1 aliphatic heterocycles. The fourth-order valence-electron chi connectivity index (χ4n) is 3.72. The highest BCUT2D eigenvalue weighted by molar-refractivity contribution is 7.11. The van der Waals surface area contributed by atoms with E-state index >= 15 is 0 Å². The summed E-state index contributed by atoms with van der Waals surface area (Å²) in [6, 6.07) is 4.36. The zero-order valence-electron chi connectivity index (χ0n) is 12.4. The van der Waals surface area contributed by atoms with Gasteiger partial charge in [0.15, 0.2) is 0 Å². The Kier molecular flexibility index (Phi) is 4.08. The van der Waals surface area contributed by atoms with Crippen LogP contribution in [0.15, 0.2) is 12.1 Å². The van der Waals surface area contributed by atoms with Crippen molar-refractivity contribution in [2.75, 3.05) is 13.1 Å². The lowest BCUT2D eigenvalue weighted by Crippen LogP contribution is -2.54. The summed E-state index contributed by atoms with van der Waals surface area (Å²) in [6.45, 7) is 5.14. The first-order chi connectivity index (χ1) is 9.96. The third-order valence-corrected chi connectivity index (χ3v) is 6.06. The van der Waals surface area contributed by atoms with Crippen LogP contribution in [0.5, 0.6) is 0 Å². The van der Waals surface area contributed by atoms with E-state index in [0.717, 1.165) is 32.5 Å². The maximum Gasteiger partial charge on any atom is 0.306 e. The average Bonchev–Trinajstić information content (AvgIpc) is 2.81. The van der Waals surface area contributed by atoms with Crippen molar-refractivity contribution < 1.29 is 15.0 Å². The van der Waals surface area contributed by atoms with Crippen LogP contribution in [0.2, 0.25) is 0 Å². The zero-order chi connectivity index (χ0) is 15.0. The van der Waals surface area contributed by atoms with Gasteiger partial charge in [-0.15, -0.1) is 11.3 Å². The number of hydrogen-bond acceptors (Lipinski definition) is 4. The number of thiophene rings is 1. The molecule has 0 radical (unpaired) electrons. The predicted molar refractivity (Wildman–Crippen MR) is 82.4 cm³/mol. The molecule has 21 heavy (non-hydrogen) atoms. The number of carboxylic acid groups (broad SMARTS) is 1. The van der Waals surface area contributed by atoms with E-state index in [9.17, 15) is 9.90 Å². The van der Waals surface area contributed by atoms with Gasteiger partial charge in [-0.05, 0) is 63.7 Å². The van der Waals surface area contributed by atoms with Gasteiger partial charge < -0.3 is 10.2 Å². The van der Waals surface area contributed by atoms with E-state index in [1.165, 1.54) is 9.75 Å². The van der Waals surface area contributed by atoms with E-state index in [2.05, 4.69) is 24.0 Å². The maximum atomic E-state index is 10.9. The van der Waals surface area contributed by atoms with Crippen molar-refractivity contribution in [2.45, 2.75) is 44.8 Å². The Labute approximate surface area is 129 Å². The molecule has 0 aromatic carbocycles. The van der Waals surface area contributed by atoms with Crippen LogP contribution in [-0.4, -0.2) is 39.8 Å². The van der Waals surface area contributed by atoms with Crippen LogP contribution in [0, 0.1) is 18.8 Å². The predicted octanol–water partition coefficient (Wildman–Crippen LogP) is 2.49. The quantitative estimate of drug-likeness (QED) is 0.897. The van der Waals surface area contributed by atoms with Crippen molar-refractivity contribution in [1.82, 2.24) is 4.90 Å². The molecule has 1 saturated carbocycles. The summed E-state index contributed by atoms with van der Waals surface area (Å²) >= 11 is 1.85. The molecule has 0 amide bonds. The number of carbonyl (C=O) groups is 1. The van der Waals surface area contributed by atoms with E-state index in [1.807, 2.05) is 11.3 Å². The highest BCUT2D eigenvalue weighted by atomic mass is 32.1. The number of nitrogens with zero attached hydrogens (tertiary/aromatic N) is 1. The van der Waals surface area contributed by atoms with Crippen molar-refractivity contribution in [3.8, 4) is 0 Å². The number of rotatable bonds is 4. The molecule has 116 valence electrons. The van der Waals surface area contributed by atoms with E-state index in [4.69, 9.17) is 5.11 Å². The number of carboxylic acids is 1. The van der Waals surface area contributed by atoms with Gasteiger partial charge in [0.05, 0.1) is 11.5 Å². The zero-order valence-corrected chi connectivity index (χ0v) is 13.2. The monoisotopic (exact) mass is 309 g/mol. The van der Waals surface area contributed by atoms with Crippen molar-refractivity contribution in [3.05, 3.63) is 21.9 Å². The molecule has 1 aliphatic carbocycles. The number of aliphatic hydroxyl groups is 1. The summed E-state index contributed by atoms with van der Waals surface area (Å²) in [6.07, 6.45) is 2.84. The van der Waals surface area contributed by atoms with Crippen LogP contribution in [0.3, 0.4) is 0 Å². The molecule has 1 aromatic rings. The van der Waals surface area contributed by atoms with Gasteiger partial charge in [0.25, 0.3) is 0 Å². The largest absolute Gasteiger partial charge is 0.481 e. The summed E-state index contributed by atoms with van der Waals surface area (Å²) in [7, 11) is 0. The Morgan fingerprint density at radius 2 is 2.05 bits per heavy atom. The number of hydrogen-bond donors (Lipinski definition) is 2. The van der Waals surface area contributed by atoms with Gasteiger partial charge in [0, 0.05) is 16.3 Å². The van der Waals surface area contributed by atoms with E-state index in [-0.39, 0.29) is 11.8 Å². The van der Waals surface area contributed by atoms with Crippen molar-refractivity contribution >= 4 is 17.3 Å². The molecule has 2 aliphatic rings. The minimum atomic E-state index is -0.759. The van der Waals surface area contributed by atoms with Crippen molar-refractivity contribution in [3.63, 3.8) is 0 Å². The van der Waals surface area contributed by atoms with Crippen LogP contribution >= 0.6 is 11.3 Å². The minimum absolute atomic E-state index is 0.273. The third-order valence-electron chi connectivity index (χ3n) is 5.07. The fourth-order valence-corrected chi connectivity index (χ4v) is 4.65. The average molecular weight is 309 g/mol. The first-order valence-electron chi connectivity index (χ1n) is 7.69. The van der Waals surface area contributed by atoms with Crippen LogP contribution in [-0.2, 0) is 11.3 Å². The number of likely N-dealkylation sites (tertiary alicyclic amines) is 1. The number of aliphatic carboxylic acids is 1. The van der Waals surface area contributed by atoms with Crippen molar-refractivity contribution in [1.29, 1.82) is 0 Å². The molecular weight excluding hydrogens is 286 g/mol. The Balaban J connectivity index is 1.48. The van der Waals surface area contributed by atoms with E-state index in [1.54, 1.807) is 0 Å². The lowest BCUT2D eigenvalue weighted by molar-refractivity contribution is -0.170. The van der Waals surface area contributed by atoms with E-state index < -0.39 is 11.6 Å². The number of piperidine rings is 1. The highest BCUT2D eigenvalue weighted by Crippen LogP contribution is 2.46. The van der Waals surface area contributed by atoms with Gasteiger partial charge >= 0.3 is 5.97 Å². The topological polar surface area (TPSA) is 60.8 Å². The van der Waals surface area contributed by atoms with Crippen LogP contribution in [0.25, 0.3) is 0 Å². The Bertz CT molecular complexity index is 513. The molecule has 0 unspecified atom stereocenters. The van der Waals surface area contributed by atoms with E-state index in [0.29, 0.717) is 12.8 Å². The summed E-state index contributed by atoms with van der Waals surface area (Å²) < 4.78 is 0. The Morgan fingerprint density at radius 3 is 2.57 bits per heavy atom. The summed E-state index contributed by atoms with van der Waals surface area (Å²) in [5.41, 5.74) is -0.714. The summed E-state index contributed by atoms with van der Waals surface area (Å²) in [5.74, 6) is -0.818. The minimum Gasteiger partial charge on any atom is -0.481 e. The molecule has 2 heterocycles. The normalized spacial score (nSPS) is 31.0. The molecule has 0 atom stereocenters. The maximum absolute atomic E-state index is 10.9. The second-order valence-electron chi connectivity index (χ2n) is 6.61. The van der Waals surface area contributed by atoms with Crippen LogP contribution < -0.4 is 0 Å². The smallest absolute Gasteiger partial charge is 0.306 e. The Hall–Kier alpha value is -0.910. The van der Waals surface area contributed by atoms with Gasteiger partial charge in [0.2, 0.25) is 0 Å². The lowest BCUT2D eigenvalue weighted by atomic mass is 9.62. The molecule has 5 heteroatoms. The summed E-state index contributed by atoms with van der Waals surface area (Å²) in [5, 5.41) is 19.5. The number of aryl methyl sites for hydroxylation is 1. The molecule has 1 aromatic heterocycles. The summed E-state index contributed by atoms with van der Waals surface area (Å²) in [4.78, 5) is 16.1. The molecule has 1 saturated heterocycles. The van der Waals surface area contributed by atoms with Crippen molar-refractivity contribution in [2.24, 2.45) is 11.8 Å². The van der Waals surface area contributed by atoms with Gasteiger partial charge in [-0.3, -0.25) is 9.69 Å². The molecule has 2 fully saturated rings. The SMILES string of the molecule is Cc1ccc(CN2CCC(C3(O)CC(C(=O)O)C3)CC2)s1.